The third-order valence-corrected chi connectivity index (χ3v) is 9.01. The van der Waals surface area contributed by atoms with Crippen molar-refractivity contribution in [3.63, 3.8) is 0 Å². The van der Waals surface area contributed by atoms with Crippen LogP contribution in [0.2, 0.25) is 0 Å². The highest BCUT2D eigenvalue weighted by atomic mass is 32.2. The lowest BCUT2D eigenvalue weighted by molar-refractivity contribution is 0.256. The molecule has 0 N–H and O–H groups in total. The Morgan fingerprint density at radius 3 is 1.70 bits per heavy atom. The Kier molecular flexibility index (Phi) is 6.74. The maximum Gasteiger partial charge on any atom is 0.282 e. The number of hydrogen-bond acceptors (Lipinski definition) is 4. The molecule has 1 aliphatic heterocycles. The second-order valence-electron chi connectivity index (χ2n) is 7.67. The Bertz CT molecular complexity index is 832. The number of piperazine rings is 1. The van der Waals surface area contributed by atoms with Crippen molar-refractivity contribution in [1.29, 1.82) is 0 Å². The topological polar surface area (TPSA) is 78.0 Å². The van der Waals surface area contributed by atoms with E-state index in [1.54, 1.807) is 26.0 Å². The van der Waals surface area contributed by atoms with Crippen LogP contribution in [0.4, 0.5) is 0 Å². The Labute approximate surface area is 164 Å². The van der Waals surface area contributed by atoms with Crippen LogP contribution in [0.15, 0.2) is 29.2 Å². The fourth-order valence-electron chi connectivity index (χ4n) is 3.13. The van der Waals surface area contributed by atoms with Crippen molar-refractivity contribution in [3.05, 3.63) is 29.8 Å². The normalized spacial score (nSPS) is 18.1. The number of benzene rings is 1. The van der Waals surface area contributed by atoms with E-state index in [-0.39, 0.29) is 36.5 Å². The van der Waals surface area contributed by atoms with Crippen LogP contribution in [0.25, 0.3) is 0 Å². The summed E-state index contributed by atoms with van der Waals surface area (Å²) in [7, 11) is -7.16. The third kappa shape index (κ3) is 4.71. The third-order valence-electron chi connectivity index (χ3n) is 4.91. The van der Waals surface area contributed by atoms with Gasteiger partial charge in [0.2, 0.25) is 10.0 Å². The largest absolute Gasteiger partial charge is 0.282 e. The Morgan fingerprint density at radius 1 is 0.852 bits per heavy atom. The zero-order valence-electron chi connectivity index (χ0n) is 16.8. The molecule has 0 aliphatic carbocycles. The van der Waals surface area contributed by atoms with Crippen LogP contribution < -0.4 is 0 Å². The first-order valence-corrected chi connectivity index (χ1v) is 12.1. The molecule has 1 saturated heterocycles. The molecule has 0 amide bonds. The molecule has 9 heteroatoms. The van der Waals surface area contributed by atoms with E-state index >= 15 is 0 Å². The van der Waals surface area contributed by atoms with Gasteiger partial charge in [-0.2, -0.15) is 21.3 Å². The summed E-state index contributed by atoms with van der Waals surface area (Å²) in [6.07, 6.45) is 0. The molecule has 1 aliphatic rings. The zero-order chi connectivity index (χ0) is 20.5. The fraction of sp³-hybridized carbons (Fsp3) is 0.667. The maximum atomic E-state index is 12.9. The summed E-state index contributed by atoms with van der Waals surface area (Å²) in [5.74, 6) is 0. The predicted octanol–water partition coefficient (Wildman–Crippen LogP) is 1.88. The van der Waals surface area contributed by atoms with Crippen LogP contribution >= 0.6 is 0 Å². The van der Waals surface area contributed by atoms with Gasteiger partial charge < -0.3 is 0 Å². The van der Waals surface area contributed by atoms with Gasteiger partial charge in [-0.25, -0.2) is 8.42 Å². The lowest BCUT2D eigenvalue weighted by Crippen LogP contribution is -2.54. The van der Waals surface area contributed by atoms with Crippen molar-refractivity contribution >= 4 is 20.2 Å². The average Bonchev–Trinajstić information content (AvgIpc) is 2.62. The zero-order valence-corrected chi connectivity index (χ0v) is 18.5. The van der Waals surface area contributed by atoms with Crippen molar-refractivity contribution in [2.75, 3.05) is 39.3 Å². The van der Waals surface area contributed by atoms with Crippen LogP contribution in [0, 0.1) is 0 Å². The van der Waals surface area contributed by atoms with Crippen molar-refractivity contribution in [3.8, 4) is 0 Å². The molecular formula is C18H31N3O4S2. The van der Waals surface area contributed by atoms with E-state index in [4.69, 9.17) is 0 Å². The van der Waals surface area contributed by atoms with Gasteiger partial charge in [-0.05, 0) is 23.1 Å². The molecule has 1 aromatic rings. The summed E-state index contributed by atoms with van der Waals surface area (Å²) in [6, 6.07) is 6.95. The van der Waals surface area contributed by atoms with Crippen LogP contribution in [0.3, 0.4) is 0 Å². The second-order valence-corrected chi connectivity index (χ2v) is 11.5. The van der Waals surface area contributed by atoms with Crippen molar-refractivity contribution in [1.82, 2.24) is 12.9 Å². The highest BCUT2D eigenvalue weighted by Crippen LogP contribution is 2.25. The molecule has 0 saturated carbocycles. The van der Waals surface area contributed by atoms with Gasteiger partial charge in [0.05, 0.1) is 4.90 Å². The number of rotatable bonds is 6. The molecule has 0 aromatic heterocycles. The van der Waals surface area contributed by atoms with Gasteiger partial charge in [0.25, 0.3) is 10.2 Å². The van der Waals surface area contributed by atoms with E-state index in [2.05, 4.69) is 20.8 Å². The highest BCUT2D eigenvalue weighted by molar-refractivity contribution is 7.89. The lowest BCUT2D eigenvalue weighted by atomic mass is 9.87. The first-order chi connectivity index (χ1) is 12.4. The minimum Gasteiger partial charge on any atom is -0.207 e. The molecule has 7 nitrogen and oxygen atoms in total. The Balaban J connectivity index is 2.13. The van der Waals surface area contributed by atoms with Gasteiger partial charge in [-0.1, -0.05) is 46.8 Å². The summed E-state index contributed by atoms with van der Waals surface area (Å²) in [4.78, 5) is 0.246. The van der Waals surface area contributed by atoms with Gasteiger partial charge in [0.15, 0.2) is 0 Å². The van der Waals surface area contributed by atoms with Gasteiger partial charge >= 0.3 is 0 Å². The van der Waals surface area contributed by atoms with E-state index in [1.165, 1.54) is 12.9 Å². The molecule has 0 atom stereocenters. The summed E-state index contributed by atoms with van der Waals surface area (Å²) < 4.78 is 55.1. The molecular weight excluding hydrogens is 386 g/mol. The van der Waals surface area contributed by atoms with Crippen molar-refractivity contribution in [2.24, 2.45) is 0 Å². The quantitative estimate of drug-likeness (QED) is 0.708. The van der Waals surface area contributed by atoms with E-state index in [0.29, 0.717) is 13.1 Å². The average molecular weight is 418 g/mol. The Hall–Kier alpha value is -1.00. The lowest BCUT2D eigenvalue weighted by Gasteiger charge is -2.35. The molecule has 0 radical (unpaired) electrons. The summed E-state index contributed by atoms with van der Waals surface area (Å²) in [5, 5.41) is 0. The van der Waals surface area contributed by atoms with E-state index < -0.39 is 20.2 Å². The van der Waals surface area contributed by atoms with Gasteiger partial charge in [0.1, 0.15) is 0 Å². The number of sulfonamides is 1. The summed E-state index contributed by atoms with van der Waals surface area (Å²) >= 11 is 0. The molecule has 154 valence electrons. The van der Waals surface area contributed by atoms with E-state index in [1.807, 2.05) is 12.1 Å². The first kappa shape index (κ1) is 22.3. The van der Waals surface area contributed by atoms with Crippen molar-refractivity contribution in [2.45, 2.75) is 44.9 Å². The Morgan fingerprint density at radius 2 is 1.30 bits per heavy atom. The van der Waals surface area contributed by atoms with E-state index in [0.717, 1.165) is 5.56 Å². The SMILES string of the molecule is CCN(CC)S(=O)(=O)N1CCN(S(=O)(=O)c2ccc(C(C)(C)C)cc2)CC1. The number of hydrogen-bond donors (Lipinski definition) is 0. The molecule has 0 bridgehead atoms. The second kappa shape index (κ2) is 8.16. The van der Waals surface area contributed by atoms with Crippen LogP contribution in [-0.4, -0.2) is 69.0 Å². The monoisotopic (exact) mass is 417 g/mol. The smallest absolute Gasteiger partial charge is 0.207 e. The summed E-state index contributed by atoms with van der Waals surface area (Å²) in [5.41, 5.74) is 1.02. The predicted molar refractivity (Wildman–Crippen MR) is 107 cm³/mol. The van der Waals surface area contributed by atoms with E-state index in [9.17, 15) is 16.8 Å². The molecule has 2 rings (SSSR count). The van der Waals surface area contributed by atoms with Gasteiger partial charge in [0, 0.05) is 39.3 Å². The maximum absolute atomic E-state index is 12.9. The van der Waals surface area contributed by atoms with Crippen LogP contribution in [-0.2, 0) is 25.6 Å². The van der Waals surface area contributed by atoms with Crippen LogP contribution in [0.1, 0.15) is 40.2 Å². The molecule has 1 heterocycles. The first-order valence-electron chi connectivity index (χ1n) is 9.30. The molecule has 0 spiro atoms. The fourth-order valence-corrected chi connectivity index (χ4v) is 6.16. The molecule has 1 fully saturated rings. The van der Waals surface area contributed by atoms with Crippen LogP contribution in [0.5, 0.6) is 0 Å². The minimum absolute atomic E-state index is 0.0489. The standard InChI is InChI=1S/C18H31N3O4S2/c1-6-19(7-2)27(24,25)21-14-12-20(13-15-21)26(22,23)17-10-8-16(9-11-17)18(3,4)5/h8-11H,6-7,12-15H2,1-5H3. The molecule has 1 aromatic carbocycles. The number of nitrogens with zero attached hydrogens (tertiary/aromatic N) is 3. The molecule has 27 heavy (non-hydrogen) atoms. The minimum atomic E-state index is -3.63. The highest BCUT2D eigenvalue weighted by Gasteiger charge is 2.35. The van der Waals surface area contributed by atoms with Gasteiger partial charge in [-0.3, -0.25) is 0 Å². The molecule has 0 unspecified atom stereocenters. The van der Waals surface area contributed by atoms with Crippen molar-refractivity contribution < 1.29 is 16.8 Å². The van der Waals surface area contributed by atoms with Gasteiger partial charge in [-0.15, -0.1) is 0 Å². The summed E-state index contributed by atoms with van der Waals surface area (Å²) in [6.45, 7) is 11.3.